The highest BCUT2D eigenvalue weighted by molar-refractivity contribution is 7.99. The molecule has 0 saturated carbocycles. The van der Waals surface area contributed by atoms with Gasteiger partial charge in [-0.2, -0.15) is 0 Å². The molecule has 0 aliphatic rings. The molecule has 0 fully saturated rings. The Morgan fingerprint density at radius 1 is 1.10 bits per heavy atom. The average molecular weight is 429 g/mol. The summed E-state index contributed by atoms with van der Waals surface area (Å²) in [5.74, 6) is 1.49. The van der Waals surface area contributed by atoms with Crippen LogP contribution in [-0.4, -0.2) is 26.4 Å². The SMILES string of the molecule is CC(C)CC(NC(=O)CSc1nnc(-c2ccc(Cl)cc2)n1C)c1ccccc1. The maximum absolute atomic E-state index is 12.6. The van der Waals surface area contributed by atoms with E-state index in [1.165, 1.54) is 11.8 Å². The summed E-state index contributed by atoms with van der Waals surface area (Å²) in [6.45, 7) is 4.32. The summed E-state index contributed by atoms with van der Waals surface area (Å²) in [4.78, 5) is 12.6. The lowest BCUT2D eigenvalue weighted by Crippen LogP contribution is -2.31. The standard InChI is InChI=1S/C22H25ClN4OS/c1-15(2)13-19(16-7-5-4-6-8-16)24-20(28)14-29-22-26-25-21(27(22)3)17-9-11-18(23)12-10-17/h4-12,15,19H,13-14H2,1-3H3,(H,24,28). The first-order valence-corrected chi connectivity index (χ1v) is 10.9. The summed E-state index contributed by atoms with van der Waals surface area (Å²) in [7, 11) is 1.90. The fourth-order valence-electron chi connectivity index (χ4n) is 3.09. The Morgan fingerprint density at radius 3 is 2.45 bits per heavy atom. The molecule has 152 valence electrons. The van der Waals surface area contributed by atoms with E-state index in [2.05, 4.69) is 41.5 Å². The molecule has 0 bridgehead atoms. The van der Waals surface area contributed by atoms with Crippen molar-refractivity contribution < 1.29 is 4.79 Å². The van der Waals surface area contributed by atoms with Gasteiger partial charge in [0.15, 0.2) is 11.0 Å². The molecule has 1 heterocycles. The quantitative estimate of drug-likeness (QED) is 0.505. The van der Waals surface area contributed by atoms with Gasteiger partial charge < -0.3 is 9.88 Å². The minimum absolute atomic E-state index is 0.00780. The van der Waals surface area contributed by atoms with Crippen LogP contribution in [0.1, 0.15) is 31.9 Å². The number of nitrogens with one attached hydrogen (secondary N) is 1. The van der Waals surface area contributed by atoms with Gasteiger partial charge >= 0.3 is 0 Å². The number of hydrogen-bond acceptors (Lipinski definition) is 4. The van der Waals surface area contributed by atoms with Gasteiger partial charge in [0.05, 0.1) is 11.8 Å². The summed E-state index contributed by atoms with van der Waals surface area (Å²) in [5, 5.41) is 13.0. The Labute approximate surface area is 180 Å². The second-order valence-corrected chi connectivity index (χ2v) is 8.70. The lowest BCUT2D eigenvalue weighted by atomic mass is 9.97. The lowest BCUT2D eigenvalue weighted by molar-refractivity contribution is -0.119. The van der Waals surface area contributed by atoms with E-state index >= 15 is 0 Å². The molecule has 29 heavy (non-hydrogen) atoms. The zero-order valence-electron chi connectivity index (χ0n) is 16.8. The highest BCUT2D eigenvalue weighted by atomic mass is 35.5. The number of nitrogens with zero attached hydrogens (tertiary/aromatic N) is 3. The first-order valence-electron chi connectivity index (χ1n) is 9.56. The number of carbonyl (C=O) groups excluding carboxylic acids is 1. The molecule has 1 N–H and O–H groups in total. The van der Waals surface area contributed by atoms with E-state index in [4.69, 9.17) is 11.6 Å². The molecule has 1 unspecified atom stereocenters. The van der Waals surface area contributed by atoms with Crippen molar-refractivity contribution in [2.45, 2.75) is 31.5 Å². The van der Waals surface area contributed by atoms with E-state index in [0.29, 0.717) is 16.1 Å². The average Bonchev–Trinajstić information content (AvgIpc) is 3.07. The molecule has 5 nitrogen and oxygen atoms in total. The van der Waals surface area contributed by atoms with Crippen LogP contribution in [0, 0.1) is 5.92 Å². The van der Waals surface area contributed by atoms with Crippen molar-refractivity contribution in [3.8, 4) is 11.4 Å². The van der Waals surface area contributed by atoms with E-state index in [0.717, 1.165) is 23.4 Å². The number of carbonyl (C=O) groups is 1. The molecule has 0 aliphatic heterocycles. The van der Waals surface area contributed by atoms with Crippen LogP contribution in [-0.2, 0) is 11.8 Å². The molecule has 1 atom stereocenters. The molecule has 3 rings (SSSR count). The smallest absolute Gasteiger partial charge is 0.230 e. The van der Waals surface area contributed by atoms with Gasteiger partial charge in [-0.25, -0.2) is 0 Å². The van der Waals surface area contributed by atoms with Gasteiger partial charge in [-0.05, 0) is 42.2 Å². The molecular weight excluding hydrogens is 404 g/mol. The zero-order chi connectivity index (χ0) is 20.8. The summed E-state index contributed by atoms with van der Waals surface area (Å²) < 4.78 is 1.89. The van der Waals surface area contributed by atoms with Crippen molar-refractivity contribution in [2.24, 2.45) is 13.0 Å². The molecule has 0 aliphatic carbocycles. The third-order valence-corrected chi connectivity index (χ3v) is 5.79. The second kappa shape index (κ2) is 9.94. The normalized spacial score (nSPS) is 12.2. The van der Waals surface area contributed by atoms with Crippen molar-refractivity contribution in [1.82, 2.24) is 20.1 Å². The number of benzene rings is 2. The van der Waals surface area contributed by atoms with Crippen molar-refractivity contribution >= 4 is 29.3 Å². The van der Waals surface area contributed by atoms with E-state index < -0.39 is 0 Å². The van der Waals surface area contributed by atoms with Crippen molar-refractivity contribution in [3.63, 3.8) is 0 Å². The van der Waals surface area contributed by atoms with E-state index in [1.54, 1.807) is 0 Å². The third kappa shape index (κ3) is 5.84. The summed E-state index contributed by atoms with van der Waals surface area (Å²) in [6.07, 6.45) is 0.894. The van der Waals surface area contributed by atoms with Crippen molar-refractivity contribution in [2.75, 3.05) is 5.75 Å². The number of rotatable bonds is 8. The van der Waals surface area contributed by atoms with Crippen LogP contribution in [0.25, 0.3) is 11.4 Å². The molecular formula is C22H25ClN4OS. The van der Waals surface area contributed by atoms with Gasteiger partial charge in [-0.15, -0.1) is 10.2 Å². The number of hydrogen-bond donors (Lipinski definition) is 1. The van der Waals surface area contributed by atoms with Gasteiger partial charge in [0.1, 0.15) is 0 Å². The monoisotopic (exact) mass is 428 g/mol. The number of thioether (sulfide) groups is 1. The Kier molecular flexibility index (Phi) is 7.34. The van der Waals surface area contributed by atoms with Gasteiger partial charge in [0.25, 0.3) is 0 Å². The molecule has 3 aromatic rings. The molecule has 0 radical (unpaired) electrons. The van der Waals surface area contributed by atoms with E-state index in [1.807, 2.05) is 54.1 Å². The Bertz CT molecular complexity index is 941. The van der Waals surface area contributed by atoms with Crippen LogP contribution in [0.2, 0.25) is 5.02 Å². The maximum Gasteiger partial charge on any atom is 0.230 e. The Morgan fingerprint density at radius 2 is 1.79 bits per heavy atom. The van der Waals surface area contributed by atoms with Crippen LogP contribution in [0.5, 0.6) is 0 Å². The van der Waals surface area contributed by atoms with Gasteiger partial charge in [0, 0.05) is 17.6 Å². The first-order chi connectivity index (χ1) is 13.9. The molecule has 0 saturated heterocycles. The van der Waals surface area contributed by atoms with E-state index in [-0.39, 0.29) is 17.7 Å². The molecule has 7 heteroatoms. The van der Waals surface area contributed by atoms with Gasteiger partial charge in [-0.1, -0.05) is 67.5 Å². The maximum atomic E-state index is 12.6. The zero-order valence-corrected chi connectivity index (χ0v) is 18.4. The Balaban J connectivity index is 1.63. The van der Waals surface area contributed by atoms with Crippen molar-refractivity contribution in [1.29, 1.82) is 0 Å². The molecule has 1 amide bonds. The fourth-order valence-corrected chi connectivity index (χ4v) is 3.94. The van der Waals surface area contributed by atoms with Crippen molar-refractivity contribution in [3.05, 3.63) is 65.2 Å². The summed E-state index contributed by atoms with van der Waals surface area (Å²) in [6, 6.07) is 17.6. The molecule has 1 aromatic heterocycles. The van der Waals surface area contributed by atoms with Crippen LogP contribution < -0.4 is 5.32 Å². The molecule has 0 spiro atoms. The minimum Gasteiger partial charge on any atom is -0.349 e. The fraction of sp³-hybridized carbons (Fsp3) is 0.318. The predicted octanol–water partition coefficient (Wildman–Crippen LogP) is 5.13. The lowest BCUT2D eigenvalue weighted by Gasteiger charge is -2.21. The van der Waals surface area contributed by atoms with Crippen LogP contribution in [0.15, 0.2) is 59.8 Å². The number of halogens is 1. The van der Waals surface area contributed by atoms with Crippen LogP contribution in [0.3, 0.4) is 0 Å². The second-order valence-electron chi connectivity index (χ2n) is 7.32. The first kappa shape index (κ1) is 21.4. The van der Waals surface area contributed by atoms with Gasteiger partial charge in [-0.3, -0.25) is 4.79 Å². The number of amides is 1. The van der Waals surface area contributed by atoms with Gasteiger partial charge in [0.2, 0.25) is 5.91 Å². The number of aromatic nitrogens is 3. The van der Waals surface area contributed by atoms with E-state index in [9.17, 15) is 4.79 Å². The van der Waals surface area contributed by atoms with Crippen LogP contribution in [0.4, 0.5) is 0 Å². The third-order valence-electron chi connectivity index (χ3n) is 4.51. The van der Waals surface area contributed by atoms with Crippen LogP contribution >= 0.6 is 23.4 Å². The summed E-state index contributed by atoms with van der Waals surface area (Å²) in [5.41, 5.74) is 2.06. The highest BCUT2D eigenvalue weighted by Crippen LogP contribution is 2.25. The predicted molar refractivity (Wildman–Crippen MR) is 119 cm³/mol. The minimum atomic E-state index is -0.0134. The Hall–Kier alpha value is -2.31. The largest absolute Gasteiger partial charge is 0.349 e. The topological polar surface area (TPSA) is 59.8 Å². The highest BCUT2D eigenvalue weighted by Gasteiger charge is 2.18. The summed E-state index contributed by atoms with van der Waals surface area (Å²) >= 11 is 7.34. The molecule has 2 aromatic carbocycles.